The fourth-order valence-corrected chi connectivity index (χ4v) is 3.12. The van der Waals surface area contributed by atoms with Crippen LogP contribution in [0.25, 0.3) is 0 Å². The summed E-state index contributed by atoms with van der Waals surface area (Å²) in [6.07, 6.45) is 2.84. The van der Waals surface area contributed by atoms with E-state index in [1.165, 1.54) is 18.5 Å². The molecule has 148 valence electrons. The number of nitrogens with one attached hydrogen (secondary N) is 3. The number of hydrogen-bond donors (Lipinski definition) is 3. The van der Waals surface area contributed by atoms with Crippen molar-refractivity contribution in [2.75, 3.05) is 19.6 Å². The van der Waals surface area contributed by atoms with Gasteiger partial charge in [0, 0.05) is 38.1 Å². The highest BCUT2D eigenvalue weighted by Crippen LogP contribution is 2.14. The van der Waals surface area contributed by atoms with Gasteiger partial charge in [-0.3, -0.25) is 4.98 Å². The molecule has 9 nitrogen and oxygen atoms in total. The number of guanidine groups is 1. The first-order chi connectivity index (χ1) is 12.9. The summed E-state index contributed by atoms with van der Waals surface area (Å²) >= 11 is 0. The van der Waals surface area contributed by atoms with Crippen LogP contribution in [0.3, 0.4) is 0 Å². The van der Waals surface area contributed by atoms with Gasteiger partial charge >= 0.3 is 0 Å². The van der Waals surface area contributed by atoms with Crippen LogP contribution < -0.4 is 15.4 Å². The summed E-state index contributed by atoms with van der Waals surface area (Å²) in [5.41, 5.74) is 0.892. The summed E-state index contributed by atoms with van der Waals surface area (Å²) in [6.45, 7) is 7.65. The predicted octanol–water partition coefficient (Wildman–Crippen LogP) is 1.23. The molecule has 0 unspecified atom stereocenters. The summed E-state index contributed by atoms with van der Waals surface area (Å²) in [6, 6.07) is 4.97. The van der Waals surface area contributed by atoms with Crippen LogP contribution in [0.15, 0.2) is 45.0 Å². The molecular formula is C17H26N6O3S. The van der Waals surface area contributed by atoms with E-state index in [1.54, 1.807) is 6.07 Å². The maximum atomic E-state index is 12.1. The Labute approximate surface area is 159 Å². The highest BCUT2D eigenvalue weighted by atomic mass is 32.2. The molecule has 0 fully saturated rings. The summed E-state index contributed by atoms with van der Waals surface area (Å²) in [5.74, 6) is 1.54. The van der Waals surface area contributed by atoms with Crippen LogP contribution in [-0.4, -0.2) is 44.2 Å². The van der Waals surface area contributed by atoms with Crippen molar-refractivity contribution in [1.29, 1.82) is 0 Å². The molecule has 27 heavy (non-hydrogen) atoms. The fourth-order valence-electron chi connectivity index (χ4n) is 2.13. The van der Waals surface area contributed by atoms with E-state index < -0.39 is 10.0 Å². The van der Waals surface area contributed by atoms with E-state index in [-0.39, 0.29) is 11.4 Å². The van der Waals surface area contributed by atoms with Crippen LogP contribution in [0.5, 0.6) is 0 Å². The molecule has 0 aliphatic heterocycles. The largest absolute Gasteiger partial charge is 0.359 e. The zero-order valence-electron chi connectivity index (χ0n) is 15.8. The third-order valence-corrected chi connectivity index (χ3v) is 5.01. The van der Waals surface area contributed by atoms with E-state index in [1.807, 2.05) is 26.8 Å². The molecule has 0 bridgehead atoms. The summed E-state index contributed by atoms with van der Waals surface area (Å²) in [7, 11) is -3.57. The first-order valence-electron chi connectivity index (χ1n) is 8.79. The van der Waals surface area contributed by atoms with E-state index in [2.05, 4.69) is 30.5 Å². The lowest BCUT2D eigenvalue weighted by atomic mass is 10.1. The SMILES string of the molecule is CCNC(=NCc1cc(C(C)C)no1)NCCNS(=O)(=O)c1cccnc1. The van der Waals surface area contributed by atoms with E-state index >= 15 is 0 Å². The maximum absolute atomic E-state index is 12.1. The Morgan fingerprint density at radius 2 is 2.11 bits per heavy atom. The molecule has 0 atom stereocenters. The smallest absolute Gasteiger partial charge is 0.242 e. The van der Waals surface area contributed by atoms with E-state index in [0.717, 1.165) is 5.69 Å². The Balaban J connectivity index is 1.85. The molecule has 0 spiro atoms. The van der Waals surface area contributed by atoms with Gasteiger partial charge in [-0.1, -0.05) is 19.0 Å². The van der Waals surface area contributed by atoms with Gasteiger partial charge in [-0.2, -0.15) is 0 Å². The molecule has 0 aliphatic rings. The molecule has 2 heterocycles. The van der Waals surface area contributed by atoms with E-state index in [0.29, 0.717) is 37.3 Å². The van der Waals surface area contributed by atoms with Crippen molar-refractivity contribution < 1.29 is 12.9 Å². The number of aliphatic imine (C=N–C) groups is 1. The van der Waals surface area contributed by atoms with Gasteiger partial charge in [-0.05, 0) is 25.0 Å². The first-order valence-corrected chi connectivity index (χ1v) is 10.3. The van der Waals surface area contributed by atoms with Gasteiger partial charge in [0.1, 0.15) is 11.4 Å². The molecule has 0 saturated carbocycles. The molecule has 10 heteroatoms. The molecule has 0 aromatic carbocycles. The van der Waals surface area contributed by atoms with E-state index in [9.17, 15) is 8.42 Å². The Morgan fingerprint density at radius 3 is 2.74 bits per heavy atom. The van der Waals surface area contributed by atoms with Gasteiger partial charge in [0.25, 0.3) is 0 Å². The molecule has 3 N–H and O–H groups in total. The zero-order chi connectivity index (χ0) is 19.7. The van der Waals surface area contributed by atoms with Gasteiger partial charge in [-0.25, -0.2) is 18.1 Å². The topological polar surface area (TPSA) is 122 Å². The Hall–Kier alpha value is -2.46. The first kappa shape index (κ1) is 20.8. The molecule has 2 aromatic rings. The van der Waals surface area contributed by atoms with Crippen LogP contribution in [0.2, 0.25) is 0 Å². The predicted molar refractivity (Wildman–Crippen MR) is 103 cm³/mol. The second-order valence-electron chi connectivity index (χ2n) is 6.08. The lowest BCUT2D eigenvalue weighted by Crippen LogP contribution is -2.41. The number of rotatable bonds is 9. The van der Waals surface area contributed by atoms with Crippen molar-refractivity contribution in [2.45, 2.75) is 38.1 Å². The van der Waals surface area contributed by atoms with Crippen LogP contribution in [0.1, 0.15) is 38.1 Å². The van der Waals surface area contributed by atoms with Crippen molar-refractivity contribution in [3.63, 3.8) is 0 Å². The second kappa shape index (κ2) is 10.0. The molecule has 0 aliphatic carbocycles. The molecule has 0 radical (unpaired) electrons. The number of nitrogens with zero attached hydrogens (tertiary/aromatic N) is 3. The van der Waals surface area contributed by atoms with Crippen molar-refractivity contribution in [3.05, 3.63) is 42.0 Å². The van der Waals surface area contributed by atoms with Crippen LogP contribution in [0.4, 0.5) is 0 Å². The third-order valence-electron chi connectivity index (χ3n) is 3.56. The van der Waals surface area contributed by atoms with Crippen molar-refractivity contribution in [3.8, 4) is 0 Å². The molecule has 0 saturated heterocycles. The lowest BCUT2D eigenvalue weighted by Gasteiger charge is -2.11. The van der Waals surface area contributed by atoms with E-state index in [4.69, 9.17) is 4.52 Å². The minimum Gasteiger partial charge on any atom is -0.359 e. The molecular weight excluding hydrogens is 368 g/mol. The average Bonchev–Trinajstić information content (AvgIpc) is 3.13. The number of aromatic nitrogens is 2. The van der Waals surface area contributed by atoms with Gasteiger partial charge in [0.2, 0.25) is 10.0 Å². The monoisotopic (exact) mass is 394 g/mol. The Bertz CT molecular complexity index is 833. The van der Waals surface area contributed by atoms with Gasteiger partial charge in [0.15, 0.2) is 11.7 Å². The summed E-state index contributed by atoms with van der Waals surface area (Å²) in [5, 5.41) is 10.2. The van der Waals surface area contributed by atoms with Gasteiger partial charge in [0.05, 0.1) is 5.69 Å². The van der Waals surface area contributed by atoms with Crippen molar-refractivity contribution >= 4 is 16.0 Å². The van der Waals surface area contributed by atoms with Crippen molar-refractivity contribution in [2.24, 2.45) is 4.99 Å². The quantitative estimate of drug-likeness (QED) is 0.332. The van der Waals surface area contributed by atoms with Crippen LogP contribution in [0, 0.1) is 0 Å². The van der Waals surface area contributed by atoms with Gasteiger partial charge < -0.3 is 15.2 Å². The number of pyridine rings is 1. The number of hydrogen-bond acceptors (Lipinski definition) is 6. The molecule has 0 amide bonds. The summed E-state index contributed by atoms with van der Waals surface area (Å²) < 4.78 is 32.0. The molecule has 2 rings (SSSR count). The standard InChI is InChI=1S/C17H26N6O3S/c1-4-19-17(21-11-14-10-16(13(2)3)23-26-14)20-8-9-22-27(24,25)15-6-5-7-18-12-15/h5-7,10,12-13,22H,4,8-9,11H2,1-3H3,(H2,19,20,21). The highest BCUT2D eigenvalue weighted by Gasteiger charge is 2.13. The summed E-state index contributed by atoms with van der Waals surface area (Å²) in [4.78, 5) is 8.38. The lowest BCUT2D eigenvalue weighted by molar-refractivity contribution is 0.376. The minimum atomic E-state index is -3.57. The van der Waals surface area contributed by atoms with Crippen LogP contribution in [-0.2, 0) is 16.6 Å². The molecule has 2 aromatic heterocycles. The minimum absolute atomic E-state index is 0.136. The van der Waals surface area contributed by atoms with Crippen molar-refractivity contribution in [1.82, 2.24) is 25.5 Å². The Kier molecular flexibility index (Phi) is 7.74. The van der Waals surface area contributed by atoms with Crippen LogP contribution >= 0.6 is 0 Å². The fraction of sp³-hybridized carbons (Fsp3) is 0.471. The third kappa shape index (κ3) is 6.65. The number of sulfonamides is 1. The second-order valence-corrected chi connectivity index (χ2v) is 7.85. The Morgan fingerprint density at radius 1 is 1.30 bits per heavy atom. The maximum Gasteiger partial charge on any atom is 0.242 e. The zero-order valence-corrected chi connectivity index (χ0v) is 16.6. The normalized spacial score (nSPS) is 12.4. The van der Waals surface area contributed by atoms with Gasteiger partial charge in [-0.15, -0.1) is 0 Å². The highest BCUT2D eigenvalue weighted by molar-refractivity contribution is 7.89. The average molecular weight is 395 g/mol.